The molecule has 6 heteroatoms. The zero-order valence-electron chi connectivity index (χ0n) is 17.3. The number of halogens is 1. The van der Waals surface area contributed by atoms with Crippen molar-refractivity contribution in [2.45, 2.75) is 13.5 Å². The Morgan fingerprint density at radius 3 is 2.53 bits per heavy atom. The molecule has 2 amide bonds. The lowest BCUT2D eigenvalue weighted by molar-refractivity contribution is -0.113. The van der Waals surface area contributed by atoms with E-state index in [2.05, 4.69) is 41.8 Å². The highest BCUT2D eigenvalue weighted by atomic mass is 35.5. The largest absolute Gasteiger partial charge is 0.342 e. The van der Waals surface area contributed by atoms with Gasteiger partial charge in [0.1, 0.15) is 0 Å². The van der Waals surface area contributed by atoms with Crippen LogP contribution < -0.4 is 4.90 Å². The van der Waals surface area contributed by atoms with Gasteiger partial charge >= 0.3 is 0 Å². The first-order chi connectivity index (χ1) is 15.5. The Morgan fingerprint density at radius 2 is 1.75 bits per heavy atom. The Morgan fingerprint density at radius 1 is 0.969 bits per heavy atom. The maximum Gasteiger partial charge on any atom is 0.298 e. The normalized spacial score (nSPS) is 15.3. The molecular formula is C26H19ClN2O2S. The molecule has 4 aromatic rings. The van der Waals surface area contributed by atoms with Crippen LogP contribution in [0.3, 0.4) is 0 Å². The predicted octanol–water partition coefficient (Wildman–Crippen LogP) is 6.89. The summed E-state index contributed by atoms with van der Waals surface area (Å²) in [5.74, 6) is -0.336. The summed E-state index contributed by atoms with van der Waals surface area (Å²) in [6, 6.07) is 23.3. The zero-order valence-corrected chi connectivity index (χ0v) is 18.9. The van der Waals surface area contributed by atoms with Crippen LogP contribution in [0.25, 0.3) is 17.0 Å². The first-order valence-electron chi connectivity index (χ1n) is 10.2. The van der Waals surface area contributed by atoms with Crippen LogP contribution in [0.2, 0.25) is 5.02 Å². The van der Waals surface area contributed by atoms with Crippen molar-refractivity contribution in [3.05, 3.63) is 106 Å². The van der Waals surface area contributed by atoms with Crippen LogP contribution in [0.15, 0.2) is 83.9 Å². The maximum absolute atomic E-state index is 13.1. The van der Waals surface area contributed by atoms with Crippen LogP contribution in [-0.2, 0) is 11.3 Å². The number of hydrogen-bond donors (Lipinski definition) is 0. The number of anilines is 1. The highest BCUT2D eigenvalue weighted by molar-refractivity contribution is 8.19. The molecule has 5 rings (SSSR count). The van der Waals surface area contributed by atoms with Crippen LogP contribution in [0.4, 0.5) is 10.5 Å². The minimum absolute atomic E-state index is 0.327. The van der Waals surface area contributed by atoms with E-state index in [1.54, 1.807) is 24.3 Å². The third-order valence-electron chi connectivity index (χ3n) is 5.44. The van der Waals surface area contributed by atoms with Crippen molar-refractivity contribution < 1.29 is 9.59 Å². The molecule has 158 valence electrons. The van der Waals surface area contributed by atoms with E-state index in [4.69, 9.17) is 11.6 Å². The SMILES string of the molecule is Cc1ccc(Cn2cc(/C=C3/SC(=O)N(c4cccc(Cl)c4)C3=O)c3ccccc32)cc1. The molecule has 1 aliphatic heterocycles. The number of benzene rings is 3. The third kappa shape index (κ3) is 3.85. The molecule has 1 saturated heterocycles. The number of para-hydroxylation sites is 1. The summed E-state index contributed by atoms with van der Waals surface area (Å²) < 4.78 is 2.17. The molecule has 0 spiro atoms. The Hall–Kier alpha value is -3.28. The van der Waals surface area contributed by atoms with Crippen molar-refractivity contribution in [1.29, 1.82) is 0 Å². The van der Waals surface area contributed by atoms with Gasteiger partial charge in [0.15, 0.2) is 0 Å². The van der Waals surface area contributed by atoms with Gasteiger partial charge in [-0.2, -0.15) is 0 Å². The van der Waals surface area contributed by atoms with Crippen molar-refractivity contribution in [1.82, 2.24) is 4.57 Å². The van der Waals surface area contributed by atoms with Gasteiger partial charge in [0, 0.05) is 34.2 Å². The molecule has 2 heterocycles. The summed E-state index contributed by atoms with van der Waals surface area (Å²) in [7, 11) is 0. The highest BCUT2D eigenvalue weighted by Gasteiger charge is 2.36. The van der Waals surface area contributed by atoms with Crippen molar-refractivity contribution >= 4 is 57.2 Å². The summed E-state index contributed by atoms with van der Waals surface area (Å²) in [6.45, 7) is 2.79. The average molecular weight is 459 g/mol. The smallest absolute Gasteiger partial charge is 0.298 e. The maximum atomic E-state index is 13.1. The number of fused-ring (bicyclic) bond motifs is 1. The number of amides is 2. The van der Waals surface area contributed by atoms with Crippen molar-refractivity contribution in [2.24, 2.45) is 0 Å². The topological polar surface area (TPSA) is 42.3 Å². The molecule has 4 nitrogen and oxygen atoms in total. The number of nitrogens with zero attached hydrogens (tertiary/aromatic N) is 2. The molecule has 0 N–H and O–H groups in total. The Labute approximate surface area is 195 Å². The van der Waals surface area contributed by atoms with Gasteiger partial charge in [-0.05, 0) is 54.6 Å². The number of thioether (sulfide) groups is 1. The van der Waals surface area contributed by atoms with E-state index in [-0.39, 0.29) is 11.1 Å². The fourth-order valence-electron chi connectivity index (χ4n) is 3.86. The van der Waals surface area contributed by atoms with E-state index in [0.717, 1.165) is 34.8 Å². The summed E-state index contributed by atoms with van der Waals surface area (Å²) >= 11 is 7.00. The fourth-order valence-corrected chi connectivity index (χ4v) is 4.87. The van der Waals surface area contributed by atoms with Crippen molar-refractivity contribution in [3.63, 3.8) is 0 Å². The molecule has 1 aromatic heterocycles. The standard InChI is InChI=1S/C26H19ClN2O2S/c1-17-9-11-18(12-10-17)15-28-16-19(22-7-2-3-8-23(22)28)13-24-25(30)29(26(31)32-24)21-6-4-5-20(27)14-21/h2-14,16H,15H2,1H3/b24-13+. The number of aromatic nitrogens is 1. The molecule has 32 heavy (non-hydrogen) atoms. The first kappa shape index (κ1) is 20.6. The number of aryl methyl sites for hydroxylation is 1. The predicted molar refractivity (Wildman–Crippen MR) is 132 cm³/mol. The van der Waals surface area contributed by atoms with Gasteiger partial charge in [-0.15, -0.1) is 0 Å². The first-order valence-corrected chi connectivity index (χ1v) is 11.4. The van der Waals surface area contributed by atoms with Crippen molar-refractivity contribution in [2.75, 3.05) is 4.90 Å². The van der Waals surface area contributed by atoms with Gasteiger partial charge in [0.05, 0.1) is 10.6 Å². The molecule has 0 saturated carbocycles. The summed E-state index contributed by atoms with van der Waals surface area (Å²) in [4.78, 5) is 27.2. The second-order valence-electron chi connectivity index (χ2n) is 7.71. The second kappa shape index (κ2) is 8.34. The number of carbonyl (C=O) groups is 2. The minimum Gasteiger partial charge on any atom is -0.342 e. The molecule has 0 bridgehead atoms. The number of rotatable bonds is 4. The lowest BCUT2D eigenvalue weighted by Crippen LogP contribution is -2.27. The van der Waals surface area contributed by atoms with E-state index < -0.39 is 0 Å². The molecule has 0 atom stereocenters. The molecular weight excluding hydrogens is 440 g/mol. The molecule has 1 aliphatic rings. The van der Waals surface area contributed by atoms with E-state index in [1.165, 1.54) is 16.0 Å². The molecule has 3 aromatic carbocycles. The third-order valence-corrected chi connectivity index (χ3v) is 6.54. The Bertz CT molecular complexity index is 1390. The van der Waals surface area contributed by atoms with E-state index in [1.807, 2.05) is 30.5 Å². The number of imide groups is 1. The molecule has 1 fully saturated rings. The average Bonchev–Trinajstić information content (AvgIpc) is 3.26. The summed E-state index contributed by atoms with van der Waals surface area (Å²) in [5.41, 5.74) is 4.88. The summed E-state index contributed by atoms with van der Waals surface area (Å²) in [5, 5.41) is 1.19. The Kier molecular flexibility index (Phi) is 5.37. The van der Waals surface area contributed by atoms with Crippen LogP contribution >= 0.6 is 23.4 Å². The number of carbonyl (C=O) groups excluding carboxylic acids is 2. The molecule has 0 unspecified atom stereocenters. The van der Waals surface area contributed by atoms with E-state index in [0.29, 0.717) is 15.6 Å². The summed E-state index contributed by atoms with van der Waals surface area (Å²) in [6.07, 6.45) is 3.85. The van der Waals surface area contributed by atoms with Crippen LogP contribution in [0.5, 0.6) is 0 Å². The fraction of sp³-hybridized carbons (Fsp3) is 0.0769. The van der Waals surface area contributed by atoms with Gasteiger partial charge < -0.3 is 4.57 Å². The van der Waals surface area contributed by atoms with Gasteiger partial charge in [0.25, 0.3) is 11.1 Å². The minimum atomic E-state index is -0.336. The van der Waals surface area contributed by atoms with Crippen LogP contribution in [0.1, 0.15) is 16.7 Å². The quantitative estimate of drug-likeness (QED) is 0.312. The van der Waals surface area contributed by atoms with Crippen LogP contribution in [-0.4, -0.2) is 15.7 Å². The zero-order chi connectivity index (χ0) is 22.2. The Balaban J connectivity index is 1.52. The highest BCUT2D eigenvalue weighted by Crippen LogP contribution is 2.37. The number of hydrogen-bond acceptors (Lipinski definition) is 3. The van der Waals surface area contributed by atoms with Crippen LogP contribution in [0, 0.1) is 6.92 Å². The van der Waals surface area contributed by atoms with Gasteiger partial charge in [-0.1, -0.05) is 65.7 Å². The lowest BCUT2D eigenvalue weighted by Gasteiger charge is -2.12. The van der Waals surface area contributed by atoms with Gasteiger partial charge in [-0.3, -0.25) is 9.59 Å². The van der Waals surface area contributed by atoms with E-state index >= 15 is 0 Å². The molecule has 0 aliphatic carbocycles. The van der Waals surface area contributed by atoms with Gasteiger partial charge in [0.2, 0.25) is 0 Å². The van der Waals surface area contributed by atoms with E-state index in [9.17, 15) is 9.59 Å². The van der Waals surface area contributed by atoms with Crippen molar-refractivity contribution in [3.8, 4) is 0 Å². The monoisotopic (exact) mass is 458 g/mol. The lowest BCUT2D eigenvalue weighted by atomic mass is 10.1. The van der Waals surface area contributed by atoms with Gasteiger partial charge in [-0.25, -0.2) is 4.90 Å². The second-order valence-corrected chi connectivity index (χ2v) is 9.14. The molecule has 0 radical (unpaired) electrons.